The van der Waals surface area contributed by atoms with Crippen LogP contribution >= 0.6 is 12.2 Å². The highest BCUT2D eigenvalue weighted by atomic mass is 32.1. The fourth-order valence-electron chi connectivity index (χ4n) is 2.34. The number of pyridine rings is 1. The molecule has 0 bridgehead atoms. The molecule has 4 nitrogen and oxygen atoms in total. The van der Waals surface area contributed by atoms with Crippen LogP contribution in [0.2, 0.25) is 0 Å². The van der Waals surface area contributed by atoms with Gasteiger partial charge in [0.2, 0.25) is 0 Å². The van der Waals surface area contributed by atoms with Crippen LogP contribution in [-0.2, 0) is 13.0 Å². The van der Waals surface area contributed by atoms with Gasteiger partial charge in [-0.3, -0.25) is 0 Å². The zero-order valence-corrected chi connectivity index (χ0v) is 12.0. The van der Waals surface area contributed by atoms with Crippen LogP contribution in [0.4, 0.5) is 0 Å². The van der Waals surface area contributed by atoms with Gasteiger partial charge in [-0.1, -0.05) is 18.2 Å². The van der Waals surface area contributed by atoms with Crippen LogP contribution in [0.15, 0.2) is 42.6 Å². The number of hydrogen-bond donors (Lipinski definition) is 1. The van der Waals surface area contributed by atoms with Gasteiger partial charge in [-0.05, 0) is 42.4 Å². The molecule has 0 aliphatic rings. The summed E-state index contributed by atoms with van der Waals surface area (Å²) in [5.41, 5.74) is 3.03. The van der Waals surface area contributed by atoms with E-state index in [9.17, 15) is 0 Å². The lowest BCUT2D eigenvalue weighted by molar-refractivity contribution is 0.408. The number of rotatable bonds is 4. The van der Waals surface area contributed by atoms with Crippen LogP contribution in [0.1, 0.15) is 5.56 Å². The van der Waals surface area contributed by atoms with Gasteiger partial charge >= 0.3 is 0 Å². The summed E-state index contributed by atoms with van der Waals surface area (Å²) in [7, 11) is 1.69. The van der Waals surface area contributed by atoms with E-state index in [0.29, 0.717) is 4.77 Å². The smallest absolute Gasteiger partial charge is 0.179 e. The third-order valence-corrected chi connectivity index (χ3v) is 3.65. The van der Waals surface area contributed by atoms with E-state index in [1.165, 1.54) is 5.56 Å². The number of aromatic nitrogens is 3. The van der Waals surface area contributed by atoms with E-state index >= 15 is 0 Å². The van der Waals surface area contributed by atoms with E-state index < -0.39 is 0 Å². The predicted molar refractivity (Wildman–Crippen MR) is 81.6 cm³/mol. The fourth-order valence-corrected chi connectivity index (χ4v) is 2.63. The first-order valence-electron chi connectivity index (χ1n) is 6.45. The molecule has 0 aliphatic carbocycles. The lowest BCUT2D eigenvalue weighted by atomic mass is 10.1. The van der Waals surface area contributed by atoms with E-state index in [4.69, 9.17) is 17.0 Å². The molecule has 20 heavy (non-hydrogen) atoms. The van der Waals surface area contributed by atoms with Crippen molar-refractivity contribution in [2.45, 2.75) is 13.0 Å². The Morgan fingerprint density at radius 1 is 1.25 bits per heavy atom. The molecule has 0 aliphatic heterocycles. The maximum atomic E-state index is 5.37. The van der Waals surface area contributed by atoms with E-state index in [0.717, 1.165) is 29.9 Å². The highest BCUT2D eigenvalue weighted by molar-refractivity contribution is 7.71. The van der Waals surface area contributed by atoms with Gasteiger partial charge in [0.15, 0.2) is 10.4 Å². The number of aromatic amines is 1. The monoisotopic (exact) mass is 285 g/mol. The highest BCUT2D eigenvalue weighted by Gasteiger charge is 2.07. The summed E-state index contributed by atoms with van der Waals surface area (Å²) < 4.78 is 8.10. The molecular weight excluding hydrogens is 270 g/mol. The molecule has 0 unspecified atom stereocenters. The molecular formula is C15H15N3OS. The van der Waals surface area contributed by atoms with Crippen molar-refractivity contribution in [3.63, 3.8) is 0 Å². The van der Waals surface area contributed by atoms with E-state index in [-0.39, 0.29) is 0 Å². The van der Waals surface area contributed by atoms with Crippen LogP contribution in [0, 0.1) is 4.77 Å². The summed E-state index contributed by atoms with van der Waals surface area (Å²) in [5.74, 6) is 0.909. The third kappa shape index (κ3) is 2.32. The Hall–Kier alpha value is -2.14. The van der Waals surface area contributed by atoms with E-state index in [2.05, 4.69) is 16.0 Å². The van der Waals surface area contributed by atoms with Gasteiger partial charge in [0.05, 0.1) is 12.6 Å². The Morgan fingerprint density at radius 2 is 2.10 bits per heavy atom. The number of para-hydroxylation sites is 1. The van der Waals surface area contributed by atoms with Gasteiger partial charge in [0, 0.05) is 12.7 Å². The lowest BCUT2D eigenvalue weighted by Crippen LogP contribution is -2.03. The van der Waals surface area contributed by atoms with E-state index in [1.807, 2.05) is 34.9 Å². The largest absolute Gasteiger partial charge is 0.496 e. The zero-order chi connectivity index (χ0) is 13.9. The van der Waals surface area contributed by atoms with Crippen molar-refractivity contribution in [2.24, 2.45) is 0 Å². The molecule has 2 aromatic heterocycles. The first-order chi connectivity index (χ1) is 9.79. The van der Waals surface area contributed by atoms with Crippen molar-refractivity contribution in [3.05, 3.63) is 52.9 Å². The van der Waals surface area contributed by atoms with Gasteiger partial charge in [-0.15, -0.1) is 0 Å². The number of imidazole rings is 1. The molecule has 0 fully saturated rings. The van der Waals surface area contributed by atoms with Crippen LogP contribution in [0.25, 0.3) is 11.2 Å². The predicted octanol–water partition coefficient (Wildman–Crippen LogP) is 3.35. The number of benzene rings is 1. The lowest BCUT2D eigenvalue weighted by Gasteiger charge is -2.08. The summed E-state index contributed by atoms with van der Waals surface area (Å²) in [6.45, 7) is 0.774. The standard InChI is InChI=1S/C15H15N3OS/c1-19-13-7-3-2-5-11(13)8-10-18-14-12(17-15(18)20)6-4-9-16-14/h2-7,9H,8,10H2,1H3,(H,17,20). The molecule has 3 rings (SSSR count). The summed E-state index contributed by atoms with van der Waals surface area (Å²) in [5, 5.41) is 0. The number of methoxy groups -OCH3 is 1. The number of ether oxygens (including phenoxy) is 1. The molecule has 3 aromatic rings. The summed E-state index contributed by atoms with van der Waals surface area (Å²) in [6, 6.07) is 11.9. The molecule has 5 heteroatoms. The SMILES string of the molecule is COc1ccccc1CCn1c(=S)[nH]c2cccnc21. The van der Waals surface area contributed by atoms with Crippen molar-refractivity contribution in [1.29, 1.82) is 0 Å². The second kappa shape index (κ2) is 5.46. The number of nitrogens with zero attached hydrogens (tertiary/aromatic N) is 2. The maximum Gasteiger partial charge on any atom is 0.179 e. The van der Waals surface area contributed by atoms with Gasteiger partial charge in [-0.2, -0.15) is 0 Å². The molecule has 0 saturated heterocycles. The molecule has 1 aromatic carbocycles. The Morgan fingerprint density at radius 3 is 2.95 bits per heavy atom. The van der Waals surface area contributed by atoms with Crippen LogP contribution in [-0.4, -0.2) is 21.6 Å². The highest BCUT2D eigenvalue weighted by Crippen LogP contribution is 2.19. The van der Waals surface area contributed by atoms with Crippen molar-refractivity contribution in [1.82, 2.24) is 14.5 Å². The van der Waals surface area contributed by atoms with Crippen LogP contribution in [0.5, 0.6) is 5.75 Å². The Bertz CT molecular complexity index is 791. The maximum absolute atomic E-state index is 5.37. The van der Waals surface area contributed by atoms with Gasteiger partial charge < -0.3 is 14.3 Å². The molecule has 0 amide bonds. The molecule has 0 atom stereocenters. The number of fused-ring (bicyclic) bond motifs is 1. The number of aryl methyl sites for hydroxylation is 2. The minimum atomic E-state index is 0.702. The molecule has 0 spiro atoms. The minimum absolute atomic E-state index is 0.702. The van der Waals surface area contributed by atoms with Gasteiger partial charge in [-0.25, -0.2) is 4.98 Å². The summed E-state index contributed by atoms with van der Waals surface area (Å²) >= 11 is 5.37. The molecule has 0 saturated carbocycles. The van der Waals surface area contributed by atoms with Crippen molar-refractivity contribution < 1.29 is 4.74 Å². The number of hydrogen-bond acceptors (Lipinski definition) is 3. The summed E-state index contributed by atoms with van der Waals surface area (Å²) in [4.78, 5) is 7.57. The first-order valence-corrected chi connectivity index (χ1v) is 6.86. The second-order valence-corrected chi connectivity index (χ2v) is 4.90. The van der Waals surface area contributed by atoms with Gasteiger partial charge in [0.1, 0.15) is 5.75 Å². The van der Waals surface area contributed by atoms with Crippen LogP contribution in [0.3, 0.4) is 0 Å². The Labute approximate surface area is 122 Å². The average molecular weight is 285 g/mol. The fraction of sp³-hybridized carbons (Fsp3) is 0.200. The molecule has 102 valence electrons. The van der Waals surface area contributed by atoms with Gasteiger partial charge in [0.25, 0.3) is 0 Å². The Kier molecular flexibility index (Phi) is 3.52. The van der Waals surface area contributed by atoms with Crippen molar-refractivity contribution >= 4 is 23.4 Å². The molecule has 2 heterocycles. The molecule has 0 radical (unpaired) electrons. The average Bonchev–Trinajstić information content (AvgIpc) is 2.81. The topological polar surface area (TPSA) is 42.8 Å². The number of H-pyrrole nitrogens is 1. The first kappa shape index (κ1) is 12.9. The van der Waals surface area contributed by atoms with Crippen molar-refractivity contribution in [2.75, 3.05) is 7.11 Å². The molecule has 1 N–H and O–H groups in total. The Balaban J connectivity index is 1.91. The van der Waals surface area contributed by atoms with Crippen molar-refractivity contribution in [3.8, 4) is 5.75 Å². The quantitative estimate of drug-likeness (QED) is 0.748. The van der Waals surface area contributed by atoms with E-state index in [1.54, 1.807) is 13.3 Å². The second-order valence-electron chi connectivity index (χ2n) is 4.52. The summed E-state index contributed by atoms with van der Waals surface area (Å²) in [6.07, 6.45) is 2.63. The number of nitrogens with one attached hydrogen (secondary N) is 1. The minimum Gasteiger partial charge on any atom is -0.496 e. The normalized spacial score (nSPS) is 10.8. The van der Waals surface area contributed by atoms with Crippen LogP contribution < -0.4 is 4.74 Å². The zero-order valence-electron chi connectivity index (χ0n) is 11.2. The third-order valence-electron chi connectivity index (χ3n) is 3.33.